The molecule has 4 rings (SSSR count). The average Bonchev–Trinajstić information content (AvgIpc) is 2.87. The summed E-state index contributed by atoms with van der Waals surface area (Å²) in [5, 5.41) is 3.11. The summed E-state index contributed by atoms with van der Waals surface area (Å²) in [5.74, 6) is -0.314. The predicted molar refractivity (Wildman–Crippen MR) is 93.9 cm³/mol. The van der Waals surface area contributed by atoms with Crippen LogP contribution in [0.5, 0.6) is 0 Å². The molecule has 1 saturated heterocycles. The molecule has 1 amide bonds. The third-order valence-corrected chi connectivity index (χ3v) is 5.90. The molecule has 2 fully saturated rings. The van der Waals surface area contributed by atoms with Gasteiger partial charge in [-0.3, -0.25) is 4.79 Å². The smallest absolute Gasteiger partial charge is 0.235 e. The van der Waals surface area contributed by atoms with Gasteiger partial charge in [0, 0.05) is 18.5 Å². The van der Waals surface area contributed by atoms with Crippen molar-refractivity contribution in [1.82, 2.24) is 0 Å². The summed E-state index contributed by atoms with van der Waals surface area (Å²) in [6.07, 6.45) is 8.26. The number of nitrogens with one attached hydrogen (secondary N) is 1. The Morgan fingerprint density at radius 3 is 2.50 bits per heavy atom. The number of allylic oxidation sites excluding steroid dienone is 1. The quantitative estimate of drug-likeness (QED) is 0.850. The molecular weight excluding hydrogens is 302 g/mol. The minimum atomic E-state index is -0.457. The summed E-state index contributed by atoms with van der Waals surface area (Å²) < 4.78 is 11.9. The second kappa shape index (κ2) is 5.71. The Hall–Kier alpha value is -1.65. The van der Waals surface area contributed by atoms with Gasteiger partial charge < -0.3 is 14.8 Å². The van der Waals surface area contributed by atoms with E-state index in [1.165, 1.54) is 16.7 Å². The van der Waals surface area contributed by atoms with Crippen molar-refractivity contribution in [1.29, 1.82) is 0 Å². The van der Waals surface area contributed by atoms with Crippen molar-refractivity contribution in [2.75, 3.05) is 18.5 Å². The summed E-state index contributed by atoms with van der Waals surface area (Å²) in [5.41, 5.74) is 4.15. The van der Waals surface area contributed by atoms with Gasteiger partial charge in [0.1, 0.15) is 0 Å². The lowest BCUT2D eigenvalue weighted by Crippen LogP contribution is -2.49. The molecule has 0 aromatic heterocycles. The van der Waals surface area contributed by atoms with Gasteiger partial charge in [-0.15, -0.1) is 0 Å². The van der Waals surface area contributed by atoms with E-state index >= 15 is 0 Å². The Kier molecular flexibility index (Phi) is 3.77. The van der Waals surface area contributed by atoms with E-state index in [-0.39, 0.29) is 5.91 Å². The minimum absolute atomic E-state index is 0.142. The van der Waals surface area contributed by atoms with Crippen molar-refractivity contribution < 1.29 is 14.3 Å². The maximum atomic E-state index is 12.9. The second-order valence-corrected chi connectivity index (χ2v) is 7.20. The van der Waals surface area contributed by atoms with E-state index in [0.29, 0.717) is 0 Å². The number of hydrogen-bond donors (Lipinski definition) is 1. The number of amides is 1. The standard InChI is InChI=1S/C20H25NO3/c1-3-5-15-6-7-16-17(14(15)2)19(18(22)21-16)8-10-20(11-9-19)23-12-4-13-24-20/h3,5-7H,4,8-13H2,1-2H3,(H,21,22)/b5-3+. The fourth-order valence-electron chi connectivity index (χ4n) is 4.60. The van der Waals surface area contributed by atoms with E-state index in [0.717, 1.165) is 51.0 Å². The molecule has 1 N–H and O–H groups in total. The number of rotatable bonds is 1. The van der Waals surface area contributed by atoms with Gasteiger partial charge in [-0.2, -0.15) is 0 Å². The normalized spacial score (nSPS) is 24.5. The maximum Gasteiger partial charge on any atom is 0.235 e. The van der Waals surface area contributed by atoms with Gasteiger partial charge in [-0.25, -0.2) is 0 Å². The molecule has 2 spiro atoms. The molecule has 0 unspecified atom stereocenters. The highest BCUT2D eigenvalue weighted by Gasteiger charge is 2.54. The Morgan fingerprint density at radius 1 is 1.12 bits per heavy atom. The summed E-state index contributed by atoms with van der Waals surface area (Å²) in [6, 6.07) is 4.13. The van der Waals surface area contributed by atoms with Crippen LogP contribution < -0.4 is 5.32 Å². The van der Waals surface area contributed by atoms with Crippen molar-refractivity contribution in [3.8, 4) is 0 Å². The zero-order chi connectivity index (χ0) is 16.8. The van der Waals surface area contributed by atoms with Crippen LogP contribution in [0.4, 0.5) is 5.69 Å². The first-order valence-electron chi connectivity index (χ1n) is 8.96. The van der Waals surface area contributed by atoms with Gasteiger partial charge in [-0.05, 0) is 55.9 Å². The molecule has 1 aliphatic carbocycles. The lowest BCUT2D eigenvalue weighted by Gasteiger charge is -2.45. The van der Waals surface area contributed by atoms with E-state index in [2.05, 4.69) is 24.4 Å². The van der Waals surface area contributed by atoms with Crippen molar-refractivity contribution >= 4 is 17.7 Å². The van der Waals surface area contributed by atoms with Crippen LogP contribution in [0.1, 0.15) is 55.7 Å². The third kappa shape index (κ3) is 2.24. The first kappa shape index (κ1) is 15.9. The predicted octanol–water partition coefficient (Wildman–Crippen LogP) is 3.93. The molecule has 1 aromatic carbocycles. The number of anilines is 1. The second-order valence-electron chi connectivity index (χ2n) is 7.20. The summed E-state index contributed by atoms with van der Waals surface area (Å²) in [6.45, 7) is 5.68. The molecule has 4 nitrogen and oxygen atoms in total. The van der Waals surface area contributed by atoms with Crippen molar-refractivity contribution in [3.05, 3.63) is 34.9 Å². The van der Waals surface area contributed by atoms with Crippen LogP contribution in [0, 0.1) is 6.92 Å². The molecule has 128 valence electrons. The lowest BCUT2D eigenvalue weighted by atomic mass is 9.67. The van der Waals surface area contributed by atoms with E-state index in [1.807, 2.05) is 19.1 Å². The number of carbonyl (C=O) groups is 1. The first-order valence-corrected chi connectivity index (χ1v) is 8.96. The molecule has 2 heterocycles. The van der Waals surface area contributed by atoms with E-state index in [9.17, 15) is 4.79 Å². The molecule has 1 aromatic rings. The van der Waals surface area contributed by atoms with Crippen LogP contribution in [0.25, 0.3) is 6.08 Å². The van der Waals surface area contributed by atoms with Crippen LogP contribution in [0.2, 0.25) is 0 Å². The Morgan fingerprint density at radius 2 is 1.83 bits per heavy atom. The van der Waals surface area contributed by atoms with Gasteiger partial charge >= 0.3 is 0 Å². The molecule has 24 heavy (non-hydrogen) atoms. The average molecular weight is 327 g/mol. The van der Waals surface area contributed by atoms with Gasteiger partial charge in [-0.1, -0.05) is 18.2 Å². The highest BCUT2D eigenvalue weighted by Crippen LogP contribution is 2.52. The van der Waals surface area contributed by atoms with Crippen molar-refractivity contribution in [2.24, 2.45) is 0 Å². The van der Waals surface area contributed by atoms with Gasteiger partial charge in [0.2, 0.25) is 5.91 Å². The topological polar surface area (TPSA) is 47.6 Å². The number of carbonyl (C=O) groups excluding carboxylic acids is 1. The fourth-order valence-corrected chi connectivity index (χ4v) is 4.60. The molecule has 2 aliphatic heterocycles. The first-order chi connectivity index (χ1) is 11.6. The van der Waals surface area contributed by atoms with Gasteiger partial charge in [0.05, 0.1) is 18.6 Å². The number of fused-ring (bicyclic) bond motifs is 2. The van der Waals surface area contributed by atoms with Gasteiger partial charge in [0.25, 0.3) is 0 Å². The zero-order valence-corrected chi connectivity index (χ0v) is 14.5. The lowest BCUT2D eigenvalue weighted by molar-refractivity contribution is -0.283. The van der Waals surface area contributed by atoms with Crippen molar-refractivity contribution in [2.45, 2.75) is 57.2 Å². The number of hydrogen-bond acceptors (Lipinski definition) is 3. The largest absolute Gasteiger partial charge is 0.350 e. The highest BCUT2D eigenvalue weighted by atomic mass is 16.7. The van der Waals surface area contributed by atoms with Crippen LogP contribution in [0.15, 0.2) is 18.2 Å². The maximum absolute atomic E-state index is 12.9. The van der Waals surface area contributed by atoms with E-state index in [4.69, 9.17) is 9.47 Å². The third-order valence-electron chi connectivity index (χ3n) is 5.90. The SMILES string of the molecule is C/C=C/c1ccc2c(c1C)C1(CCC3(CC1)OCCCO3)C(=O)N2. The molecule has 0 radical (unpaired) electrons. The highest BCUT2D eigenvalue weighted by molar-refractivity contribution is 6.07. The Labute approximate surface area is 143 Å². The fraction of sp³-hybridized carbons (Fsp3) is 0.550. The number of benzene rings is 1. The molecule has 0 bridgehead atoms. The monoisotopic (exact) mass is 327 g/mol. The van der Waals surface area contributed by atoms with Crippen LogP contribution in [-0.2, 0) is 19.7 Å². The summed E-state index contributed by atoms with van der Waals surface area (Å²) in [4.78, 5) is 12.9. The zero-order valence-electron chi connectivity index (χ0n) is 14.5. The Balaban J connectivity index is 1.70. The summed E-state index contributed by atoms with van der Waals surface area (Å²) in [7, 11) is 0. The molecule has 3 aliphatic rings. The summed E-state index contributed by atoms with van der Waals surface area (Å²) >= 11 is 0. The number of ether oxygens (including phenoxy) is 2. The molecule has 1 saturated carbocycles. The van der Waals surface area contributed by atoms with Crippen molar-refractivity contribution in [3.63, 3.8) is 0 Å². The van der Waals surface area contributed by atoms with Crippen LogP contribution in [-0.4, -0.2) is 24.9 Å². The van der Waals surface area contributed by atoms with E-state index < -0.39 is 11.2 Å². The Bertz CT molecular complexity index is 691. The van der Waals surface area contributed by atoms with Gasteiger partial charge in [0.15, 0.2) is 5.79 Å². The molecule has 0 atom stereocenters. The van der Waals surface area contributed by atoms with E-state index in [1.54, 1.807) is 0 Å². The van der Waals surface area contributed by atoms with Crippen LogP contribution >= 0.6 is 0 Å². The molecular formula is C20H25NO3. The molecule has 4 heteroatoms. The van der Waals surface area contributed by atoms with Crippen LogP contribution in [0.3, 0.4) is 0 Å². The minimum Gasteiger partial charge on any atom is -0.350 e.